The zero-order chi connectivity index (χ0) is 12.1. The van der Waals surface area contributed by atoms with E-state index in [-0.39, 0.29) is 12.0 Å². The molecule has 2 unspecified atom stereocenters. The smallest absolute Gasteiger partial charge is 0.329 e. The third-order valence-corrected chi connectivity index (χ3v) is 3.22. The number of hydrogen-bond donors (Lipinski definition) is 1. The molecule has 5 heteroatoms. The molecule has 0 saturated heterocycles. The average Bonchev–Trinajstić information content (AvgIpc) is 2.71. The highest BCUT2D eigenvalue weighted by Crippen LogP contribution is 2.18. The number of methoxy groups -OCH3 is 1. The maximum atomic E-state index is 11.7. The summed E-state index contributed by atoms with van der Waals surface area (Å²) in [5.74, 6) is -0.286. The standard InChI is InChI=1S/C11H18N2O2S/c1-5-7(2)12-10(11(14)15-4)9-6-16-8(3)13-9/h6-7,10,12H,5H2,1-4H3. The number of carbonyl (C=O) groups excluding carboxylic acids is 1. The maximum absolute atomic E-state index is 11.7. The van der Waals surface area contributed by atoms with Gasteiger partial charge in [-0.15, -0.1) is 11.3 Å². The molecular weight excluding hydrogens is 224 g/mol. The molecule has 1 heterocycles. The predicted octanol–water partition coefficient (Wildman–Crippen LogP) is 2.05. The summed E-state index contributed by atoms with van der Waals surface area (Å²) in [5.41, 5.74) is 0.745. The second-order valence-electron chi connectivity index (χ2n) is 3.72. The molecule has 0 aliphatic heterocycles. The number of nitrogens with one attached hydrogen (secondary N) is 1. The summed E-state index contributed by atoms with van der Waals surface area (Å²) in [7, 11) is 1.40. The van der Waals surface area contributed by atoms with Gasteiger partial charge < -0.3 is 4.74 Å². The number of aryl methyl sites for hydroxylation is 1. The number of rotatable bonds is 5. The van der Waals surface area contributed by atoms with Crippen LogP contribution in [0, 0.1) is 6.92 Å². The van der Waals surface area contributed by atoms with Crippen molar-refractivity contribution < 1.29 is 9.53 Å². The van der Waals surface area contributed by atoms with Crippen LogP contribution >= 0.6 is 11.3 Å². The number of ether oxygens (including phenoxy) is 1. The molecule has 4 nitrogen and oxygen atoms in total. The Morgan fingerprint density at radius 2 is 2.38 bits per heavy atom. The SMILES string of the molecule is CCC(C)NC(C(=O)OC)c1csc(C)n1. The maximum Gasteiger partial charge on any atom is 0.329 e. The molecule has 0 fully saturated rings. The molecule has 0 aliphatic rings. The monoisotopic (exact) mass is 242 g/mol. The van der Waals surface area contributed by atoms with E-state index in [1.165, 1.54) is 18.4 Å². The molecule has 1 rings (SSSR count). The van der Waals surface area contributed by atoms with Gasteiger partial charge >= 0.3 is 5.97 Å². The Labute approximate surface area is 100 Å². The molecule has 0 radical (unpaired) electrons. The molecule has 0 aliphatic carbocycles. The minimum atomic E-state index is -0.454. The number of hydrogen-bond acceptors (Lipinski definition) is 5. The number of thiazole rings is 1. The van der Waals surface area contributed by atoms with Crippen molar-refractivity contribution in [2.75, 3.05) is 7.11 Å². The lowest BCUT2D eigenvalue weighted by molar-refractivity contribution is -0.143. The van der Waals surface area contributed by atoms with Crippen LogP contribution in [-0.4, -0.2) is 24.1 Å². The fraction of sp³-hybridized carbons (Fsp3) is 0.636. The first-order chi connectivity index (χ1) is 7.58. The lowest BCUT2D eigenvalue weighted by Gasteiger charge is -2.18. The van der Waals surface area contributed by atoms with Gasteiger partial charge in [0, 0.05) is 11.4 Å². The van der Waals surface area contributed by atoms with Crippen LogP contribution in [-0.2, 0) is 9.53 Å². The van der Waals surface area contributed by atoms with Crippen LogP contribution in [0.5, 0.6) is 0 Å². The second-order valence-corrected chi connectivity index (χ2v) is 4.79. The van der Waals surface area contributed by atoms with Gasteiger partial charge in [-0.1, -0.05) is 6.92 Å². The largest absolute Gasteiger partial charge is 0.468 e. The lowest BCUT2D eigenvalue weighted by Crippen LogP contribution is -2.35. The van der Waals surface area contributed by atoms with E-state index in [9.17, 15) is 4.79 Å². The van der Waals surface area contributed by atoms with Gasteiger partial charge in [0.05, 0.1) is 17.8 Å². The van der Waals surface area contributed by atoms with Crippen molar-refractivity contribution >= 4 is 17.3 Å². The zero-order valence-corrected chi connectivity index (χ0v) is 10.9. The summed E-state index contributed by atoms with van der Waals surface area (Å²) in [4.78, 5) is 16.0. The molecule has 1 aromatic heterocycles. The van der Waals surface area contributed by atoms with Crippen molar-refractivity contribution in [2.24, 2.45) is 0 Å². The van der Waals surface area contributed by atoms with Crippen molar-refractivity contribution in [3.63, 3.8) is 0 Å². The van der Waals surface area contributed by atoms with Gasteiger partial charge in [-0.25, -0.2) is 9.78 Å². The Kier molecular flexibility index (Phi) is 4.89. The Bertz CT molecular complexity index is 352. The van der Waals surface area contributed by atoms with Crippen LogP contribution in [0.2, 0.25) is 0 Å². The molecule has 16 heavy (non-hydrogen) atoms. The van der Waals surface area contributed by atoms with Gasteiger partial charge in [0.15, 0.2) is 0 Å². The highest BCUT2D eigenvalue weighted by molar-refractivity contribution is 7.09. The molecule has 0 bridgehead atoms. The van der Waals surface area contributed by atoms with E-state index in [4.69, 9.17) is 4.74 Å². The first-order valence-electron chi connectivity index (χ1n) is 5.34. The first kappa shape index (κ1) is 13.1. The van der Waals surface area contributed by atoms with E-state index in [2.05, 4.69) is 17.2 Å². The normalized spacial score (nSPS) is 14.5. The Balaban J connectivity index is 2.83. The summed E-state index contributed by atoms with van der Waals surface area (Å²) in [6.07, 6.45) is 0.955. The zero-order valence-electron chi connectivity index (χ0n) is 10.1. The topological polar surface area (TPSA) is 51.2 Å². The molecular formula is C11H18N2O2S. The predicted molar refractivity (Wildman–Crippen MR) is 64.5 cm³/mol. The molecule has 0 aromatic carbocycles. The Hall–Kier alpha value is -0.940. The highest BCUT2D eigenvalue weighted by Gasteiger charge is 2.24. The van der Waals surface area contributed by atoms with Crippen LogP contribution < -0.4 is 5.32 Å². The minimum Gasteiger partial charge on any atom is -0.468 e. The molecule has 90 valence electrons. The quantitative estimate of drug-likeness (QED) is 0.803. The lowest BCUT2D eigenvalue weighted by atomic mass is 10.1. The molecule has 0 amide bonds. The van der Waals surface area contributed by atoms with E-state index in [0.717, 1.165) is 17.1 Å². The van der Waals surface area contributed by atoms with Gasteiger partial charge in [0.1, 0.15) is 6.04 Å². The van der Waals surface area contributed by atoms with Crippen molar-refractivity contribution in [3.05, 3.63) is 16.1 Å². The number of aromatic nitrogens is 1. The van der Waals surface area contributed by atoms with Gasteiger partial charge in [0.25, 0.3) is 0 Å². The van der Waals surface area contributed by atoms with E-state index in [1.807, 2.05) is 19.2 Å². The molecule has 0 spiro atoms. The average molecular weight is 242 g/mol. The highest BCUT2D eigenvalue weighted by atomic mass is 32.1. The first-order valence-corrected chi connectivity index (χ1v) is 6.22. The van der Waals surface area contributed by atoms with E-state index >= 15 is 0 Å². The fourth-order valence-corrected chi connectivity index (χ4v) is 1.95. The molecule has 1 N–H and O–H groups in total. The Morgan fingerprint density at radius 1 is 1.69 bits per heavy atom. The third kappa shape index (κ3) is 3.28. The van der Waals surface area contributed by atoms with Crippen LogP contribution in [0.3, 0.4) is 0 Å². The van der Waals surface area contributed by atoms with Crippen LogP contribution in [0.25, 0.3) is 0 Å². The minimum absolute atomic E-state index is 0.256. The van der Waals surface area contributed by atoms with Gasteiger partial charge in [-0.3, -0.25) is 5.32 Å². The number of esters is 1. The fourth-order valence-electron chi connectivity index (χ4n) is 1.31. The summed E-state index contributed by atoms with van der Waals surface area (Å²) >= 11 is 1.54. The summed E-state index contributed by atoms with van der Waals surface area (Å²) in [5, 5.41) is 6.07. The molecule has 1 aromatic rings. The third-order valence-electron chi connectivity index (χ3n) is 2.43. The van der Waals surface area contributed by atoms with E-state index in [0.29, 0.717) is 0 Å². The summed E-state index contributed by atoms with van der Waals surface area (Å²) in [6, 6.07) is -0.198. The summed E-state index contributed by atoms with van der Waals surface area (Å²) in [6.45, 7) is 6.03. The van der Waals surface area contributed by atoms with E-state index < -0.39 is 6.04 Å². The van der Waals surface area contributed by atoms with Gasteiger partial charge in [0.2, 0.25) is 0 Å². The number of nitrogens with zero attached hydrogens (tertiary/aromatic N) is 1. The molecule has 0 saturated carbocycles. The van der Waals surface area contributed by atoms with Crippen molar-refractivity contribution in [3.8, 4) is 0 Å². The van der Waals surface area contributed by atoms with Crippen molar-refractivity contribution in [1.82, 2.24) is 10.3 Å². The van der Waals surface area contributed by atoms with Gasteiger partial charge in [-0.2, -0.15) is 0 Å². The second kappa shape index (κ2) is 5.96. The molecule has 2 atom stereocenters. The van der Waals surface area contributed by atoms with E-state index in [1.54, 1.807) is 0 Å². The van der Waals surface area contributed by atoms with Crippen LogP contribution in [0.4, 0.5) is 0 Å². The summed E-state index contributed by atoms with van der Waals surface area (Å²) < 4.78 is 4.78. The van der Waals surface area contributed by atoms with Crippen LogP contribution in [0.15, 0.2) is 5.38 Å². The van der Waals surface area contributed by atoms with Gasteiger partial charge in [-0.05, 0) is 20.3 Å². The van der Waals surface area contributed by atoms with Crippen molar-refractivity contribution in [2.45, 2.75) is 39.3 Å². The van der Waals surface area contributed by atoms with Crippen LogP contribution in [0.1, 0.15) is 37.0 Å². The Morgan fingerprint density at radius 3 is 2.81 bits per heavy atom. The van der Waals surface area contributed by atoms with Crippen molar-refractivity contribution in [1.29, 1.82) is 0 Å². The number of carbonyl (C=O) groups is 1.